The molecule has 0 N–H and O–H groups in total. The van der Waals surface area contributed by atoms with E-state index in [4.69, 9.17) is 34.0 Å². The van der Waals surface area contributed by atoms with Crippen molar-refractivity contribution in [3.63, 3.8) is 0 Å². The quantitative estimate of drug-likeness (QED) is 0.350. The zero-order valence-electron chi connectivity index (χ0n) is 18.8. The molecule has 0 saturated carbocycles. The summed E-state index contributed by atoms with van der Waals surface area (Å²) in [5.74, 6) is 0.865. The molecular weight excluding hydrogens is 440 g/mol. The van der Waals surface area contributed by atoms with E-state index in [1.165, 1.54) is 5.56 Å². The van der Waals surface area contributed by atoms with Gasteiger partial charge < -0.3 is 4.57 Å². The van der Waals surface area contributed by atoms with Crippen LogP contribution < -0.4 is 0 Å². The van der Waals surface area contributed by atoms with Gasteiger partial charge >= 0.3 is 0 Å². The van der Waals surface area contributed by atoms with Crippen LogP contribution in [-0.2, 0) is 26.8 Å². The normalized spacial score (nSPS) is 11.4. The summed E-state index contributed by atoms with van der Waals surface area (Å²) < 4.78 is 6.55. The van der Waals surface area contributed by atoms with Crippen molar-refractivity contribution in [1.29, 1.82) is 0 Å². The van der Waals surface area contributed by atoms with E-state index in [9.17, 15) is 0 Å². The number of hydrogen-bond donors (Lipinski definition) is 0. The molecule has 0 unspecified atom stereocenters. The summed E-state index contributed by atoms with van der Waals surface area (Å²) in [7, 11) is 4.03. The van der Waals surface area contributed by atoms with E-state index in [-0.39, 0.29) is 0 Å². The van der Waals surface area contributed by atoms with Crippen molar-refractivity contribution in [3.05, 3.63) is 86.9 Å². The van der Waals surface area contributed by atoms with E-state index in [0.717, 1.165) is 39.9 Å². The molecule has 2 aromatic carbocycles. The van der Waals surface area contributed by atoms with E-state index in [2.05, 4.69) is 25.8 Å². The third-order valence-corrected chi connectivity index (χ3v) is 6.54. The predicted molar refractivity (Wildman–Crippen MR) is 131 cm³/mol. The van der Waals surface area contributed by atoms with Crippen molar-refractivity contribution in [2.75, 3.05) is 7.05 Å². The molecule has 0 bridgehead atoms. The summed E-state index contributed by atoms with van der Waals surface area (Å²) >= 11 is 12.0. The molecule has 8 heteroatoms. The molecule has 0 radical (unpaired) electrons. The Morgan fingerprint density at radius 3 is 2.38 bits per heavy atom. The SMILES string of the molecule is Cc1nn(Cc2ccccc2Cl)c(C)c1CN(C)Cn1nc(-c2ccccc2)n(C)c1=S. The number of benzene rings is 2. The van der Waals surface area contributed by atoms with Gasteiger partial charge in [-0.05, 0) is 44.7 Å². The molecule has 0 aliphatic carbocycles. The summed E-state index contributed by atoms with van der Waals surface area (Å²) in [5, 5.41) is 10.3. The van der Waals surface area contributed by atoms with Crippen molar-refractivity contribution in [2.24, 2.45) is 7.05 Å². The average molecular weight is 467 g/mol. The Morgan fingerprint density at radius 1 is 0.969 bits per heavy atom. The lowest BCUT2D eigenvalue weighted by molar-refractivity contribution is 0.243. The first-order valence-corrected chi connectivity index (χ1v) is 11.3. The summed E-state index contributed by atoms with van der Waals surface area (Å²) in [5.41, 5.74) is 5.49. The topological polar surface area (TPSA) is 43.8 Å². The van der Waals surface area contributed by atoms with Crippen LogP contribution in [-0.4, -0.2) is 36.1 Å². The van der Waals surface area contributed by atoms with Crippen molar-refractivity contribution in [1.82, 2.24) is 29.0 Å². The van der Waals surface area contributed by atoms with Gasteiger partial charge in [-0.3, -0.25) is 9.58 Å². The highest BCUT2D eigenvalue weighted by molar-refractivity contribution is 7.71. The number of aromatic nitrogens is 5. The standard InChI is InChI=1S/C24H27ClN6S/c1-17-21(18(2)30(26-17)14-20-12-8-9-13-22(20)25)15-28(3)16-31-24(32)29(4)23(27-31)19-10-6-5-7-11-19/h5-13H,14-16H2,1-4H3. The zero-order valence-corrected chi connectivity index (χ0v) is 20.4. The van der Waals surface area contributed by atoms with Crippen LogP contribution in [0.2, 0.25) is 5.02 Å². The van der Waals surface area contributed by atoms with Crippen molar-refractivity contribution in [2.45, 2.75) is 33.6 Å². The van der Waals surface area contributed by atoms with Gasteiger partial charge in [-0.25, -0.2) is 4.68 Å². The highest BCUT2D eigenvalue weighted by atomic mass is 35.5. The van der Waals surface area contributed by atoms with Crippen LogP contribution in [0, 0.1) is 18.6 Å². The van der Waals surface area contributed by atoms with Gasteiger partial charge in [0.2, 0.25) is 0 Å². The molecule has 0 aliphatic heterocycles. The number of rotatable bonds is 7. The monoisotopic (exact) mass is 466 g/mol. The van der Waals surface area contributed by atoms with Crippen LogP contribution >= 0.6 is 23.8 Å². The summed E-state index contributed by atoms with van der Waals surface area (Å²) in [6.45, 7) is 6.16. The molecule has 2 aromatic heterocycles. The van der Waals surface area contributed by atoms with Gasteiger partial charge in [-0.1, -0.05) is 60.1 Å². The minimum Gasteiger partial charge on any atom is -0.303 e. The third-order valence-electron chi connectivity index (χ3n) is 5.69. The molecule has 0 amide bonds. The zero-order chi connectivity index (χ0) is 22.8. The Morgan fingerprint density at radius 2 is 1.66 bits per heavy atom. The minimum absolute atomic E-state index is 0.591. The van der Waals surface area contributed by atoms with Gasteiger partial charge in [-0.2, -0.15) is 10.2 Å². The van der Waals surface area contributed by atoms with E-state index >= 15 is 0 Å². The summed E-state index contributed by atoms with van der Waals surface area (Å²) in [6.07, 6.45) is 0. The van der Waals surface area contributed by atoms with Gasteiger partial charge in [-0.15, -0.1) is 0 Å². The van der Waals surface area contributed by atoms with Gasteiger partial charge in [0, 0.05) is 35.4 Å². The van der Waals surface area contributed by atoms with Gasteiger partial charge in [0.25, 0.3) is 0 Å². The highest BCUT2D eigenvalue weighted by Gasteiger charge is 2.16. The van der Waals surface area contributed by atoms with E-state index in [1.54, 1.807) is 0 Å². The largest absolute Gasteiger partial charge is 0.303 e. The second-order valence-electron chi connectivity index (χ2n) is 8.08. The number of hydrogen-bond acceptors (Lipinski definition) is 4. The molecule has 4 rings (SSSR count). The lowest BCUT2D eigenvalue weighted by Gasteiger charge is -2.17. The smallest absolute Gasteiger partial charge is 0.199 e. The van der Waals surface area contributed by atoms with Crippen LogP contribution in [0.5, 0.6) is 0 Å². The van der Waals surface area contributed by atoms with Crippen molar-refractivity contribution < 1.29 is 0 Å². The van der Waals surface area contributed by atoms with Crippen LogP contribution in [0.1, 0.15) is 22.5 Å². The first-order valence-electron chi connectivity index (χ1n) is 10.5. The van der Waals surface area contributed by atoms with Crippen LogP contribution in [0.4, 0.5) is 0 Å². The molecule has 6 nitrogen and oxygen atoms in total. The molecule has 32 heavy (non-hydrogen) atoms. The Hall–Kier alpha value is -2.74. The van der Waals surface area contributed by atoms with Gasteiger partial charge in [0.15, 0.2) is 10.6 Å². The van der Waals surface area contributed by atoms with Gasteiger partial charge in [0.1, 0.15) is 0 Å². The second kappa shape index (κ2) is 9.40. The molecule has 0 aliphatic rings. The fourth-order valence-electron chi connectivity index (χ4n) is 3.87. The van der Waals surface area contributed by atoms with Crippen molar-refractivity contribution in [3.8, 4) is 11.4 Å². The summed E-state index contributed by atoms with van der Waals surface area (Å²) in [4.78, 5) is 2.20. The molecule has 0 spiro atoms. The molecule has 0 fully saturated rings. The Kier molecular flexibility index (Phi) is 6.60. The maximum absolute atomic E-state index is 6.35. The Balaban J connectivity index is 1.52. The van der Waals surface area contributed by atoms with E-state index in [0.29, 0.717) is 18.0 Å². The fraction of sp³-hybridized carbons (Fsp3) is 0.292. The molecule has 4 aromatic rings. The van der Waals surface area contributed by atoms with E-state index in [1.807, 2.05) is 75.6 Å². The fourth-order valence-corrected chi connectivity index (χ4v) is 4.25. The molecular formula is C24H27ClN6S. The minimum atomic E-state index is 0.591. The highest BCUT2D eigenvalue weighted by Crippen LogP contribution is 2.21. The predicted octanol–water partition coefficient (Wildman–Crippen LogP) is 5.22. The number of halogens is 1. The van der Waals surface area contributed by atoms with Crippen LogP contribution in [0.25, 0.3) is 11.4 Å². The summed E-state index contributed by atoms with van der Waals surface area (Å²) in [6, 6.07) is 18.0. The molecule has 0 saturated heterocycles. The Bertz CT molecular complexity index is 1290. The third kappa shape index (κ3) is 4.55. The van der Waals surface area contributed by atoms with Crippen LogP contribution in [0.3, 0.4) is 0 Å². The lowest BCUT2D eigenvalue weighted by atomic mass is 10.2. The number of aryl methyl sites for hydroxylation is 1. The lowest BCUT2D eigenvalue weighted by Crippen LogP contribution is -2.23. The number of nitrogens with zero attached hydrogens (tertiary/aromatic N) is 6. The first-order chi connectivity index (χ1) is 15.3. The van der Waals surface area contributed by atoms with Crippen molar-refractivity contribution >= 4 is 23.8 Å². The molecule has 166 valence electrons. The maximum atomic E-state index is 6.35. The van der Waals surface area contributed by atoms with Crippen LogP contribution in [0.15, 0.2) is 54.6 Å². The molecule has 0 atom stereocenters. The van der Waals surface area contributed by atoms with Gasteiger partial charge in [0.05, 0.1) is 18.9 Å². The molecule has 2 heterocycles. The first kappa shape index (κ1) is 22.5. The maximum Gasteiger partial charge on any atom is 0.199 e. The second-order valence-corrected chi connectivity index (χ2v) is 8.86. The average Bonchev–Trinajstić information content (AvgIpc) is 3.21. The Labute approximate surface area is 198 Å². The van der Waals surface area contributed by atoms with E-state index < -0.39 is 0 Å².